The van der Waals surface area contributed by atoms with Crippen LogP contribution in [-0.4, -0.2) is 0 Å². The predicted octanol–water partition coefficient (Wildman–Crippen LogP) is 5.57. The van der Waals surface area contributed by atoms with E-state index in [0.717, 1.165) is 6.42 Å². The summed E-state index contributed by atoms with van der Waals surface area (Å²) in [6.45, 7) is 6.56. The average molecular weight is 313 g/mol. The van der Waals surface area contributed by atoms with Gasteiger partial charge in [-0.3, -0.25) is 0 Å². The SMILES string of the molecule is Cc1ccc(C)c(-c2c(C)ccc3c2C=C(Br)C3)c1. The first kappa shape index (κ1) is 12.7. The van der Waals surface area contributed by atoms with Crippen LogP contribution in [-0.2, 0) is 6.42 Å². The van der Waals surface area contributed by atoms with Crippen molar-refractivity contribution in [1.82, 2.24) is 0 Å². The van der Waals surface area contributed by atoms with Crippen LogP contribution < -0.4 is 0 Å². The van der Waals surface area contributed by atoms with Crippen LogP contribution in [0.25, 0.3) is 17.2 Å². The summed E-state index contributed by atoms with van der Waals surface area (Å²) in [5.41, 5.74) is 9.60. The highest BCUT2D eigenvalue weighted by atomic mass is 79.9. The first-order chi connectivity index (χ1) is 9.06. The monoisotopic (exact) mass is 312 g/mol. The van der Waals surface area contributed by atoms with Crippen molar-refractivity contribution in [3.8, 4) is 11.1 Å². The highest BCUT2D eigenvalue weighted by molar-refractivity contribution is 9.11. The molecule has 0 heterocycles. The third-order valence-corrected chi connectivity index (χ3v) is 4.38. The zero-order chi connectivity index (χ0) is 13.6. The largest absolute Gasteiger partial charge is 0.0590 e. The highest BCUT2D eigenvalue weighted by Gasteiger charge is 2.18. The van der Waals surface area contributed by atoms with Gasteiger partial charge in [0.15, 0.2) is 0 Å². The molecule has 0 saturated heterocycles. The minimum absolute atomic E-state index is 1.02. The van der Waals surface area contributed by atoms with Gasteiger partial charge in [-0.25, -0.2) is 0 Å². The van der Waals surface area contributed by atoms with Crippen LogP contribution in [0.3, 0.4) is 0 Å². The molecule has 2 aromatic rings. The lowest BCUT2D eigenvalue weighted by molar-refractivity contribution is 1.27. The van der Waals surface area contributed by atoms with Gasteiger partial charge >= 0.3 is 0 Å². The van der Waals surface area contributed by atoms with Crippen molar-refractivity contribution in [2.75, 3.05) is 0 Å². The summed E-state index contributed by atoms with van der Waals surface area (Å²) in [6, 6.07) is 11.2. The molecule has 1 heteroatoms. The first-order valence-corrected chi connectivity index (χ1v) is 7.42. The molecule has 0 bridgehead atoms. The van der Waals surface area contributed by atoms with E-state index < -0.39 is 0 Å². The quantitative estimate of drug-likeness (QED) is 0.645. The van der Waals surface area contributed by atoms with Crippen LogP contribution in [0.2, 0.25) is 0 Å². The van der Waals surface area contributed by atoms with Gasteiger partial charge < -0.3 is 0 Å². The van der Waals surface area contributed by atoms with Crippen molar-refractivity contribution in [3.63, 3.8) is 0 Å². The minimum Gasteiger partial charge on any atom is -0.0590 e. The number of benzene rings is 2. The third-order valence-electron chi connectivity index (χ3n) is 3.87. The second-order valence-electron chi connectivity index (χ2n) is 5.42. The second-order valence-corrected chi connectivity index (χ2v) is 6.44. The molecule has 1 aliphatic rings. The van der Waals surface area contributed by atoms with Crippen LogP contribution in [0.4, 0.5) is 0 Å². The Labute approximate surface area is 123 Å². The van der Waals surface area contributed by atoms with Gasteiger partial charge in [-0.1, -0.05) is 51.8 Å². The maximum atomic E-state index is 3.64. The van der Waals surface area contributed by atoms with Gasteiger partial charge in [0, 0.05) is 10.9 Å². The van der Waals surface area contributed by atoms with E-state index in [1.807, 2.05) is 0 Å². The highest BCUT2D eigenvalue weighted by Crippen LogP contribution is 2.39. The lowest BCUT2D eigenvalue weighted by Crippen LogP contribution is -1.94. The summed E-state index contributed by atoms with van der Waals surface area (Å²) in [6.07, 6.45) is 3.30. The number of rotatable bonds is 1. The fourth-order valence-electron chi connectivity index (χ4n) is 2.84. The van der Waals surface area contributed by atoms with Gasteiger partial charge in [0.25, 0.3) is 0 Å². The molecule has 0 nitrogen and oxygen atoms in total. The molecule has 0 aliphatic heterocycles. The maximum absolute atomic E-state index is 3.64. The van der Waals surface area contributed by atoms with Crippen molar-refractivity contribution in [3.05, 3.63) is 62.6 Å². The molecule has 0 unspecified atom stereocenters. The summed E-state index contributed by atoms with van der Waals surface area (Å²) in [7, 11) is 0. The third kappa shape index (κ3) is 2.17. The molecule has 0 atom stereocenters. The van der Waals surface area contributed by atoms with E-state index in [0.29, 0.717) is 0 Å². The standard InChI is InChI=1S/C18H17Br/c1-11-4-5-12(2)16(8-11)18-13(3)6-7-14-9-15(19)10-17(14)18/h4-8,10H,9H2,1-3H3. The van der Waals surface area contributed by atoms with E-state index in [1.54, 1.807) is 0 Å². The lowest BCUT2D eigenvalue weighted by Gasteiger charge is -2.15. The summed E-state index contributed by atoms with van der Waals surface area (Å²) in [5.74, 6) is 0. The molecule has 0 fully saturated rings. The Hall–Kier alpha value is -1.34. The molecule has 0 spiro atoms. The predicted molar refractivity (Wildman–Crippen MR) is 86.7 cm³/mol. The zero-order valence-corrected chi connectivity index (χ0v) is 13.1. The fourth-order valence-corrected chi connectivity index (χ4v) is 3.37. The normalized spacial score (nSPS) is 13.4. The van der Waals surface area contributed by atoms with Crippen LogP contribution in [0.1, 0.15) is 27.8 Å². The summed E-state index contributed by atoms with van der Waals surface area (Å²) >= 11 is 3.64. The Morgan fingerprint density at radius 3 is 2.47 bits per heavy atom. The Kier molecular flexibility index (Phi) is 3.10. The smallest absolute Gasteiger partial charge is 0.00470 e. The van der Waals surface area contributed by atoms with Crippen LogP contribution in [0.15, 0.2) is 34.8 Å². The van der Waals surface area contributed by atoms with Gasteiger partial charge in [0.1, 0.15) is 0 Å². The van der Waals surface area contributed by atoms with Gasteiger partial charge in [-0.15, -0.1) is 0 Å². The molecule has 2 aromatic carbocycles. The molecular weight excluding hydrogens is 296 g/mol. The average Bonchev–Trinajstić information content (AvgIpc) is 2.73. The zero-order valence-electron chi connectivity index (χ0n) is 11.5. The van der Waals surface area contributed by atoms with E-state index >= 15 is 0 Å². The van der Waals surface area contributed by atoms with Crippen LogP contribution >= 0.6 is 15.9 Å². The number of halogens is 1. The molecule has 0 N–H and O–H groups in total. The molecule has 0 radical (unpaired) electrons. The number of hydrogen-bond donors (Lipinski definition) is 0. The fraction of sp³-hybridized carbons (Fsp3) is 0.222. The number of allylic oxidation sites excluding steroid dienone is 1. The number of hydrogen-bond acceptors (Lipinski definition) is 0. The Bertz CT molecular complexity index is 693. The molecule has 96 valence electrons. The van der Waals surface area contributed by atoms with Gasteiger partial charge in [-0.2, -0.15) is 0 Å². The molecule has 19 heavy (non-hydrogen) atoms. The van der Waals surface area contributed by atoms with Crippen molar-refractivity contribution in [2.45, 2.75) is 27.2 Å². The van der Waals surface area contributed by atoms with E-state index in [9.17, 15) is 0 Å². The van der Waals surface area contributed by atoms with Crippen molar-refractivity contribution in [1.29, 1.82) is 0 Å². The van der Waals surface area contributed by atoms with Crippen LogP contribution in [0.5, 0.6) is 0 Å². The van der Waals surface area contributed by atoms with Crippen molar-refractivity contribution >= 4 is 22.0 Å². The summed E-state index contributed by atoms with van der Waals surface area (Å²) in [5, 5.41) is 0. The minimum atomic E-state index is 1.02. The Morgan fingerprint density at radius 2 is 1.68 bits per heavy atom. The summed E-state index contributed by atoms with van der Waals surface area (Å²) < 4.78 is 1.28. The Balaban J connectivity index is 2.32. The molecule has 3 rings (SSSR count). The summed E-state index contributed by atoms with van der Waals surface area (Å²) in [4.78, 5) is 0. The van der Waals surface area contributed by atoms with Gasteiger partial charge in [0.05, 0.1) is 0 Å². The van der Waals surface area contributed by atoms with E-state index in [1.165, 1.54) is 43.4 Å². The van der Waals surface area contributed by atoms with Crippen molar-refractivity contribution in [2.24, 2.45) is 0 Å². The molecule has 0 saturated carbocycles. The second kappa shape index (κ2) is 4.64. The van der Waals surface area contributed by atoms with E-state index in [4.69, 9.17) is 0 Å². The van der Waals surface area contributed by atoms with Gasteiger partial charge in [0.2, 0.25) is 0 Å². The number of aryl methyl sites for hydroxylation is 3. The maximum Gasteiger partial charge on any atom is 0.00470 e. The lowest BCUT2D eigenvalue weighted by atomic mass is 9.89. The Morgan fingerprint density at radius 1 is 0.947 bits per heavy atom. The van der Waals surface area contributed by atoms with E-state index in [2.05, 4.69) is 73.1 Å². The van der Waals surface area contributed by atoms with Crippen molar-refractivity contribution < 1.29 is 0 Å². The molecular formula is C18H17Br. The van der Waals surface area contributed by atoms with Crippen LogP contribution in [0, 0.1) is 20.8 Å². The van der Waals surface area contributed by atoms with E-state index in [-0.39, 0.29) is 0 Å². The first-order valence-electron chi connectivity index (χ1n) is 6.62. The number of fused-ring (bicyclic) bond motifs is 1. The van der Waals surface area contributed by atoms with Gasteiger partial charge in [-0.05, 0) is 60.2 Å². The topological polar surface area (TPSA) is 0 Å². The molecule has 1 aliphatic carbocycles. The molecule has 0 amide bonds. The molecule has 0 aromatic heterocycles.